The molecule has 0 aliphatic heterocycles. The van der Waals surface area contributed by atoms with Crippen LogP contribution in [0.2, 0.25) is 0 Å². The number of allylic oxidation sites excluding steroid dienone is 1. The second-order valence-electron chi connectivity index (χ2n) is 1.36. The molecule has 0 aromatic carbocycles. The molecule has 8 heavy (non-hydrogen) atoms. The molecule has 0 saturated carbocycles. The van der Waals surface area contributed by atoms with Crippen LogP contribution in [0.3, 0.4) is 0 Å². The fourth-order valence-electron chi connectivity index (χ4n) is 0.231. The Morgan fingerprint density at radius 2 is 2.25 bits per heavy atom. The lowest BCUT2D eigenvalue weighted by Crippen LogP contribution is -2.08. The maximum atomic E-state index is 9.64. The molecule has 0 aromatic rings. The number of carbonyl (C=O) groups excluding carboxylic acids is 1. The summed E-state index contributed by atoms with van der Waals surface area (Å²) >= 11 is 0. The van der Waals surface area contributed by atoms with E-state index in [4.69, 9.17) is 0 Å². The van der Waals surface area contributed by atoms with Gasteiger partial charge in [-0.3, -0.25) is 4.79 Å². The van der Waals surface area contributed by atoms with Gasteiger partial charge in [-0.25, -0.2) is 0 Å². The fraction of sp³-hybridized carbons (Fsp3) is 0.400. The molecule has 0 spiro atoms. The van der Waals surface area contributed by atoms with Gasteiger partial charge in [0, 0.05) is 18.9 Å². The predicted octanol–water partition coefficient (Wildman–Crippen LogP) is -0.187. The molecule has 3 heteroatoms. The van der Waals surface area contributed by atoms with Gasteiger partial charge in [-0.15, -0.1) is 0 Å². The van der Waals surface area contributed by atoms with Crippen molar-refractivity contribution in [2.24, 2.45) is 0 Å². The first kappa shape index (κ1) is 7.01. The minimum atomic E-state index is 0.626. The third-order valence-corrected chi connectivity index (χ3v) is 0.762. The van der Waals surface area contributed by atoms with E-state index >= 15 is 0 Å². The van der Waals surface area contributed by atoms with Gasteiger partial charge in [0.1, 0.15) is 0 Å². The topological polar surface area (TPSA) is 41.1 Å². The van der Waals surface area contributed by atoms with Crippen molar-refractivity contribution < 1.29 is 4.79 Å². The standard InChI is InChI=1S/C5H10N2O/c1-5(6-2)3-7-4-8/h3-4,6H,1-2H3,(H,7,8)/b5-3-. The predicted molar refractivity (Wildman–Crippen MR) is 32.0 cm³/mol. The van der Waals surface area contributed by atoms with Crippen molar-refractivity contribution in [1.82, 2.24) is 10.6 Å². The Kier molecular flexibility index (Phi) is 3.66. The van der Waals surface area contributed by atoms with Gasteiger partial charge in [-0.2, -0.15) is 0 Å². The highest BCUT2D eigenvalue weighted by Gasteiger charge is 1.75. The summed E-state index contributed by atoms with van der Waals surface area (Å²) in [5.41, 5.74) is 0.928. The van der Waals surface area contributed by atoms with Gasteiger partial charge < -0.3 is 10.6 Å². The Balaban J connectivity index is 3.40. The van der Waals surface area contributed by atoms with E-state index in [1.165, 1.54) is 0 Å². The normalized spacial score (nSPS) is 10.5. The first-order valence-corrected chi connectivity index (χ1v) is 2.35. The molecule has 0 heterocycles. The second-order valence-corrected chi connectivity index (χ2v) is 1.36. The highest BCUT2D eigenvalue weighted by atomic mass is 16.1. The van der Waals surface area contributed by atoms with Crippen molar-refractivity contribution in [2.45, 2.75) is 6.92 Å². The van der Waals surface area contributed by atoms with Crippen LogP contribution in [-0.2, 0) is 4.79 Å². The molecular weight excluding hydrogens is 104 g/mol. The summed E-state index contributed by atoms with van der Waals surface area (Å²) in [7, 11) is 1.79. The molecule has 0 radical (unpaired) electrons. The zero-order valence-electron chi connectivity index (χ0n) is 5.06. The zero-order chi connectivity index (χ0) is 6.41. The summed E-state index contributed by atoms with van der Waals surface area (Å²) in [6, 6.07) is 0. The van der Waals surface area contributed by atoms with Crippen molar-refractivity contribution in [1.29, 1.82) is 0 Å². The first-order valence-electron chi connectivity index (χ1n) is 2.35. The van der Waals surface area contributed by atoms with Crippen molar-refractivity contribution in [2.75, 3.05) is 7.05 Å². The van der Waals surface area contributed by atoms with Crippen LogP contribution in [0.25, 0.3) is 0 Å². The summed E-state index contributed by atoms with van der Waals surface area (Å²) in [5.74, 6) is 0. The molecule has 0 saturated heterocycles. The number of amides is 1. The third kappa shape index (κ3) is 3.21. The van der Waals surface area contributed by atoms with Crippen LogP contribution in [0.5, 0.6) is 0 Å². The molecule has 0 atom stereocenters. The van der Waals surface area contributed by atoms with Crippen LogP contribution in [0.1, 0.15) is 6.92 Å². The van der Waals surface area contributed by atoms with Crippen LogP contribution in [0, 0.1) is 0 Å². The second kappa shape index (κ2) is 4.18. The number of hydrogen-bond acceptors (Lipinski definition) is 2. The number of carbonyl (C=O) groups is 1. The number of nitrogens with one attached hydrogen (secondary N) is 2. The molecule has 0 aliphatic rings. The minimum absolute atomic E-state index is 0.626. The van der Waals surface area contributed by atoms with Crippen LogP contribution in [-0.4, -0.2) is 13.5 Å². The molecule has 0 unspecified atom stereocenters. The van der Waals surface area contributed by atoms with Gasteiger partial charge in [0.2, 0.25) is 6.41 Å². The molecule has 0 aliphatic carbocycles. The lowest BCUT2D eigenvalue weighted by molar-refractivity contribution is -0.108. The van der Waals surface area contributed by atoms with Gasteiger partial charge in [0.25, 0.3) is 0 Å². The third-order valence-electron chi connectivity index (χ3n) is 0.762. The van der Waals surface area contributed by atoms with Crippen molar-refractivity contribution >= 4 is 6.41 Å². The summed E-state index contributed by atoms with van der Waals surface area (Å²) in [4.78, 5) is 9.64. The molecule has 0 fully saturated rings. The molecule has 3 nitrogen and oxygen atoms in total. The van der Waals surface area contributed by atoms with Crippen LogP contribution >= 0.6 is 0 Å². The highest BCUT2D eigenvalue weighted by molar-refractivity contribution is 5.47. The van der Waals surface area contributed by atoms with E-state index < -0.39 is 0 Å². The molecular formula is C5H10N2O. The van der Waals surface area contributed by atoms with Crippen LogP contribution < -0.4 is 10.6 Å². The SMILES string of the molecule is CN/C(C)=C\NC=O. The van der Waals surface area contributed by atoms with E-state index in [-0.39, 0.29) is 0 Å². The van der Waals surface area contributed by atoms with Gasteiger partial charge in [-0.1, -0.05) is 0 Å². The maximum Gasteiger partial charge on any atom is 0.211 e. The van der Waals surface area contributed by atoms with Gasteiger partial charge in [-0.05, 0) is 6.92 Å². The van der Waals surface area contributed by atoms with Crippen molar-refractivity contribution in [3.63, 3.8) is 0 Å². The van der Waals surface area contributed by atoms with Crippen molar-refractivity contribution in [3.05, 3.63) is 11.9 Å². The lowest BCUT2D eigenvalue weighted by Gasteiger charge is -1.94. The van der Waals surface area contributed by atoms with E-state index in [1.807, 2.05) is 6.92 Å². The Morgan fingerprint density at radius 3 is 2.62 bits per heavy atom. The molecule has 46 valence electrons. The Bertz CT molecular complexity index is 98.6. The van der Waals surface area contributed by atoms with Crippen LogP contribution in [0.15, 0.2) is 11.9 Å². The highest BCUT2D eigenvalue weighted by Crippen LogP contribution is 1.76. The van der Waals surface area contributed by atoms with E-state index in [1.54, 1.807) is 13.2 Å². The first-order chi connectivity index (χ1) is 3.81. The van der Waals surface area contributed by atoms with Gasteiger partial charge >= 0.3 is 0 Å². The van der Waals surface area contributed by atoms with E-state index in [0.717, 1.165) is 5.70 Å². The van der Waals surface area contributed by atoms with E-state index in [0.29, 0.717) is 6.41 Å². The van der Waals surface area contributed by atoms with E-state index in [2.05, 4.69) is 10.6 Å². The van der Waals surface area contributed by atoms with Crippen molar-refractivity contribution in [3.8, 4) is 0 Å². The fourth-order valence-corrected chi connectivity index (χ4v) is 0.231. The number of rotatable bonds is 3. The minimum Gasteiger partial charge on any atom is -0.390 e. The Morgan fingerprint density at radius 1 is 1.62 bits per heavy atom. The average molecular weight is 114 g/mol. The largest absolute Gasteiger partial charge is 0.390 e. The van der Waals surface area contributed by atoms with E-state index in [9.17, 15) is 4.79 Å². The summed E-state index contributed by atoms with van der Waals surface area (Å²) < 4.78 is 0. The maximum absolute atomic E-state index is 9.64. The molecule has 1 amide bonds. The smallest absolute Gasteiger partial charge is 0.211 e. The lowest BCUT2D eigenvalue weighted by atomic mass is 10.5. The van der Waals surface area contributed by atoms with Gasteiger partial charge in [0.15, 0.2) is 0 Å². The summed E-state index contributed by atoms with van der Waals surface area (Å²) in [5, 5.41) is 5.23. The monoisotopic (exact) mass is 114 g/mol. The molecule has 0 aromatic heterocycles. The zero-order valence-corrected chi connectivity index (χ0v) is 5.06. The molecule has 0 rings (SSSR count). The Labute approximate surface area is 48.8 Å². The number of hydrogen-bond donors (Lipinski definition) is 2. The molecule has 2 N–H and O–H groups in total. The quantitative estimate of drug-likeness (QED) is 0.499. The summed E-state index contributed by atoms with van der Waals surface area (Å²) in [6.07, 6.45) is 2.22. The van der Waals surface area contributed by atoms with Crippen LogP contribution in [0.4, 0.5) is 0 Å². The summed E-state index contributed by atoms with van der Waals surface area (Å²) in [6.45, 7) is 1.86. The molecule has 0 bridgehead atoms. The Hall–Kier alpha value is -0.990. The van der Waals surface area contributed by atoms with Gasteiger partial charge in [0.05, 0.1) is 0 Å². The average Bonchev–Trinajstić information content (AvgIpc) is 1.83.